The lowest BCUT2D eigenvalue weighted by atomic mass is 9.96. The molecule has 0 saturated carbocycles. The topological polar surface area (TPSA) is 41.5 Å². The predicted molar refractivity (Wildman–Crippen MR) is 73.2 cm³/mol. The Kier molecular flexibility index (Phi) is 4.01. The molecule has 1 aromatic heterocycles. The first-order valence-electron chi connectivity index (χ1n) is 6.39. The van der Waals surface area contributed by atoms with Crippen LogP contribution in [-0.2, 0) is 4.74 Å². The molecule has 0 spiro atoms. The average molecular weight is 250 g/mol. The van der Waals surface area contributed by atoms with Crippen molar-refractivity contribution < 1.29 is 4.74 Å². The molecule has 1 fully saturated rings. The van der Waals surface area contributed by atoms with E-state index < -0.39 is 0 Å². The molecule has 1 aromatic rings. The molecule has 0 amide bonds. The van der Waals surface area contributed by atoms with E-state index >= 15 is 0 Å². The monoisotopic (exact) mass is 250 g/mol. The van der Waals surface area contributed by atoms with Gasteiger partial charge in [-0.05, 0) is 12.3 Å². The van der Waals surface area contributed by atoms with E-state index in [4.69, 9.17) is 4.74 Å². The third kappa shape index (κ3) is 2.56. The molecule has 0 aliphatic carbocycles. The van der Waals surface area contributed by atoms with Crippen molar-refractivity contribution in [2.75, 3.05) is 44.1 Å². The number of hydrogen-bond acceptors (Lipinski definition) is 5. The fraction of sp³-hybridized carbons (Fsp3) is 0.692. The largest absolute Gasteiger partial charge is 0.379 e. The highest BCUT2D eigenvalue weighted by atomic mass is 16.5. The minimum absolute atomic E-state index is 0.274. The van der Waals surface area contributed by atoms with Crippen molar-refractivity contribution in [2.45, 2.75) is 19.4 Å². The van der Waals surface area contributed by atoms with Crippen molar-refractivity contribution in [2.24, 2.45) is 5.92 Å². The predicted octanol–water partition coefficient (Wildman–Crippen LogP) is 1.40. The van der Waals surface area contributed by atoms with Crippen molar-refractivity contribution in [3.63, 3.8) is 0 Å². The van der Waals surface area contributed by atoms with Gasteiger partial charge in [0.05, 0.1) is 6.10 Å². The van der Waals surface area contributed by atoms with E-state index in [0.717, 1.165) is 31.1 Å². The summed E-state index contributed by atoms with van der Waals surface area (Å²) in [5, 5.41) is 0. The molecule has 2 rings (SSSR count). The smallest absolute Gasteiger partial charge is 0.172 e. The number of methoxy groups -OCH3 is 1. The summed E-state index contributed by atoms with van der Waals surface area (Å²) in [5.74, 6) is 2.48. The summed E-state index contributed by atoms with van der Waals surface area (Å²) in [6.07, 6.45) is 4.89. The van der Waals surface area contributed by atoms with E-state index in [0.29, 0.717) is 5.92 Å². The Morgan fingerprint density at radius 1 is 1.33 bits per heavy atom. The average Bonchev–Trinajstić information content (AvgIpc) is 2.39. The fourth-order valence-corrected chi connectivity index (χ4v) is 2.39. The Morgan fingerprint density at radius 2 is 2.06 bits per heavy atom. The molecular formula is C13H22N4O. The number of rotatable bonds is 3. The number of hydrogen-bond donors (Lipinski definition) is 0. The van der Waals surface area contributed by atoms with Crippen LogP contribution in [0.15, 0.2) is 12.4 Å². The van der Waals surface area contributed by atoms with E-state index in [1.165, 1.54) is 0 Å². The van der Waals surface area contributed by atoms with Crippen molar-refractivity contribution in [1.29, 1.82) is 0 Å². The van der Waals surface area contributed by atoms with Gasteiger partial charge in [-0.2, -0.15) is 0 Å². The minimum atomic E-state index is 0.274. The lowest BCUT2D eigenvalue weighted by molar-refractivity contribution is 0.0496. The first-order valence-corrected chi connectivity index (χ1v) is 6.39. The van der Waals surface area contributed by atoms with Crippen LogP contribution in [-0.4, -0.2) is 50.4 Å². The van der Waals surface area contributed by atoms with Gasteiger partial charge >= 0.3 is 0 Å². The second-order valence-electron chi connectivity index (χ2n) is 5.08. The first-order chi connectivity index (χ1) is 8.63. The van der Waals surface area contributed by atoms with Gasteiger partial charge in [0.2, 0.25) is 0 Å². The van der Waals surface area contributed by atoms with Gasteiger partial charge in [-0.25, -0.2) is 9.97 Å². The summed E-state index contributed by atoms with van der Waals surface area (Å²) < 4.78 is 5.55. The van der Waals surface area contributed by atoms with Crippen LogP contribution in [0.3, 0.4) is 0 Å². The lowest BCUT2D eigenvalue weighted by Gasteiger charge is -2.37. The highest BCUT2D eigenvalue weighted by molar-refractivity contribution is 5.61. The third-order valence-electron chi connectivity index (χ3n) is 3.58. The van der Waals surface area contributed by atoms with Crippen molar-refractivity contribution in [1.82, 2.24) is 9.97 Å². The number of piperidine rings is 1. The van der Waals surface area contributed by atoms with Gasteiger partial charge in [0, 0.05) is 46.7 Å². The van der Waals surface area contributed by atoms with E-state index in [2.05, 4.69) is 21.8 Å². The number of aromatic nitrogens is 2. The van der Waals surface area contributed by atoms with Gasteiger partial charge in [0.15, 0.2) is 11.6 Å². The normalized spacial score (nSPS) is 24.1. The molecule has 5 heteroatoms. The highest BCUT2D eigenvalue weighted by Gasteiger charge is 2.28. The molecule has 1 aliphatic heterocycles. The lowest BCUT2D eigenvalue weighted by Crippen LogP contribution is -2.44. The SMILES string of the molecule is COC1CN(c2nccnc2N(C)C)CCC1C. The molecule has 0 N–H and O–H groups in total. The zero-order chi connectivity index (χ0) is 13.1. The Labute approximate surface area is 109 Å². The van der Waals surface area contributed by atoms with E-state index in [1.807, 2.05) is 19.0 Å². The third-order valence-corrected chi connectivity index (χ3v) is 3.58. The Balaban J connectivity index is 2.21. The summed E-state index contributed by atoms with van der Waals surface area (Å²) in [4.78, 5) is 13.2. The van der Waals surface area contributed by atoms with Gasteiger partial charge in [-0.3, -0.25) is 0 Å². The van der Waals surface area contributed by atoms with E-state index in [-0.39, 0.29) is 6.10 Å². The van der Waals surface area contributed by atoms with Crippen LogP contribution in [0.1, 0.15) is 13.3 Å². The molecule has 2 heterocycles. The first kappa shape index (κ1) is 13.1. The number of nitrogens with zero attached hydrogens (tertiary/aromatic N) is 4. The van der Waals surface area contributed by atoms with Gasteiger partial charge in [0.25, 0.3) is 0 Å². The molecule has 0 aromatic carbocycles. The molecule has 1 aliphatic rings. The summed E-state index contributed by atoms with van der Waals surface area (Å²) in [6.45, 7) is 4.15. The van der Waals surface area contributed by atoms with Crippen molar-refractivity contribution in [3.8, 4) is 0 Å². The van der Waals surface area contributed by atoms with Crippen molar-refractivity contribution in [3.05, 3.63) is 12.4 Å². The molecular weight excluding hydrogens is 228 g/mol. The van der Waals surface area contributed by atoms with Gasteiger partial charge in [-0.1, -0.05) is 6.92 Å². The summed E-state index contributed by atoms with van der Waals surface area (Å²) in [5.41, 5.74) is 0. The van der Waals surface area contributed by atoms with Crippen molar-refractivity contribution >= 4 is 11.6 Å². The Bertz CT molecular complexity index is 396. The summed E-state index contributed by atoms with van der Waals surface area (Å²) in [6, 6.07) is 0. The minimum Gasteiger partial charge on any atom is -0.379 e. The van der Waals surface area contributed by atoms with Crippen LogP contribution in [0.2, 0.25) is 0 Å². The summed E-state index contributed by atoms with van der Waals surface area (Å²) >= 11 is 0. The van der Waals surface area contributed by atoms with E-state index in [9.17, 15) is 0 Å². The highest BCUT2D eigenvalue weighted by Crippen LogP contribution is 2.28. The quantitative estimate of drug-likeness (QED) is 0.811. The zero-order valence-electron chi connectivity index (χ0n) is 11.6. The summed E-state index contributed by atoms with van der Waals surface area (Å²) in [7, 11) is 5.77. The molecule has 0 bridgehead atoms. The standard InChI is InChI=1S/C13H22N4O/c1-10-5-8-17(9-11(10)18-4)13-12(16(2)3)14-6-7-15-13/h6-7,10-11H,5,8-9H2,1-4H3. The van der Waals surface area contributed by atoms with Crippen LogP contribution >= 0.6 is 0 Å². The molecule has 1 saturated heterocycles. The molecule has 0 radical (unpaired) electrons. The Hall–Kier alpha value is -1.36. The number of ether oxygens (including phenoxy) is 1. The maximum Gasteiger partial charge on any atom is 0.172 e. The molecule has 100 valence electrons. The van der Waals surface area contributed by atoms with Gasteiger partial charge in [-0.15, -0.1) is 0 Å². The molecule has 5 nitrogen and oxygen atoms in total. The van der Waals surface area contributed by atoms with Crippen LogP contribution in [0.5, 0.6) is 0 Å². The van der Waals surface area contributed by atoms with Crippen LogP contribution in [0.4, 0.5) is 11.6 Å². The zero-order valence-corrected chi connectivity index (χ0v) is 11.6. The molecule has 2 atom stereocenters. The maximum atomic E-state index is 5.55. The molecule has 18 heavy (non-hydrogen) atoms. The van der Waals surface area contributed by atoms with Crippen LogP contribution in [0.25, 0.3) is 0 Å². The number of anilines is 2. The Morgan fingerprint density at radius 3 is 2.72 bits per heavy atom. The molecule has 2 unspecified atom stereocenters. The van der Waals surface area contributed by atoms with Crippen LogP contribution in [0, 0.1) is 5.92 Å². The maximum absolute atomic E-state index is 5.55. The van der Waals surface area contributed by atoms with Gasteiger partial charge in [0.1, 0.15) is 0 Å². The van der Waals surface area contributed by atoms with E-state index in [1.54, 1.807) is 19.5 Å². The fourth-order valence-electron chi connectivity index (χ4n) is 2.39. The van der Waals surface area contributed by atoms with Gasteiger partial charge < -0.3 is 14.5 Å². The van der Waals surface area contributed by atoms with Crippen LogP contribution < -0.4 is 9.80 Å². The second kappa shape index (κ2) is 5.52. The second-order valence-corrected chi connectivity index (χ2v) is 5.08.